The largest absolute Gasteiger partial charge is 0.416 e. The zero-order valence-corrected chi connectivity index (χ0v) is 12.3. The lowest BCUT2D eigenvalue weighted by atomic mass is 10.1. The van der Waals surface area contributed by atoms with Crippen molar-refractivity contribution in [2.45, 2.75) is 6.18 Å². The first kappa shape index (κ1) is 15.1. The molecule has 1 aliphatic heterocycles. The standard InChI is InChI=1S/C14H12F4N6/c15-9-5-8(14(16,17)18)6-10-11(9)21-12(13-22-20-7-24(10)13)23-3-1-19-2-4-23/h5-7,19H,1-4H2. The molecule has 4 rings (SSSR count). The molecule has 10 heteroatoms. The van der Waals surface area contributed by atoms with Gasteiger partial charge in [-0.2, -0.15) is 13.2 Å². The van der Waals surface area contributed by atoms with E-state index >= 15 is 0 Å². The van der Waals surface area contributed by atoms with Crippen molar-refractivity contribution < 1.29 is 17.6 Å². The van der Waals surface area contributed by atoms with Crippen LogP contribution in [0.4, 0.5) is 23.4 Å². The number of hydrogen-bond acceptors (Lipinski definition) is 5. The molecule has 0 radical (unpaired) electrons. The molecule has 6 nitrogen and oxygen atoms in total. The highest BCUT2D eigenvalue weighted by Gasteiger charge is 2.32. The summed E-state index contributed by atoms with van der Waals surface area (Å²) < 4.78 is 54.5. The monoisotopic (exact) mass is 340 g/mol. The molecule has 0 amide bonds. The molecule has 0 unspecified atom stereocenters. The minimum absolute atomic E-state index is 0.0128. The summed E-state index contributed by atoms with van der Waals surface area (Å²) in [5.74, 6) is -0.605. The number of halogens is 4. The van der Waals surface area contributed by atoms with E-state index in [0.717, 1.165) is 19.2 Å². The van der Waals surface area contributed by atoms with E-state index in [2.05, 4.69) is 20.5 Å². The lowest BCUT2D eigenvalue weighted by Gasteiger charge is -2.28. The Morgan fingerprint density at radius 1 is 1.12 bits per heavy atom. The molecule has 0 saturated carbocycles. The van der Waals surface area contributed by atoms with Gasteiger partial charge >= 0.3 is 6.18 Å². The number of anilines is 1. The molecule has 126 valence electrons. The molecule has 1 fully saturated rings. The van der Waals surface area contributed by atoms with Gasteiger partial charge in [0.2, 0.25) is 5.65 Å². The predicted octanol–water partition coefficient (Wildman–Crippen LogP) is 1.85. The molecule has 3 aromatic rings. The van der Waals surface area contributed by atoms with Crippen molar-refractivity contribution >= 4 is 22.5 Å². The van der Waals surface area contributed by atoms with Crippen molar-refractivity contribution in [3.05, 3.63) is 29.8 Å². The van der Waals surface area contributed by atoms with Gasteiger partial charge in [-0.3, -0.25) is 4.40 Å². The molecule has 2 aromatic heterocycles. The first-order valence-corrected chi connectivity index (χ1v) is 7.31. The highest BCUT2D eigenvalue weighted by molar-refractivity contribution is 5.84. The highest BCUT2D eigenvalue weighted by Crippen LogP contribution is 2.33. The van der Waals surface area contributed by atoms with Crippen molar-refractivity contribution in [2.75, 3.05) is 31.1 Å². The third-order valence-electron chi connectivity index (χ3n) is 4.01. The summed E-state index contributed by atoms with van der Waals surface area (Å²) in [6, 6.07) is 1.33. The maximum atomic E-state index is 14.3. The summed E-state index contributed by atoms with van der Waals surface area (Å²) in [7, 11) is 0. The van der Waals surface area contributed by atoms with Crippen LogP contribution in [-0.2, 0) is 6.18 Å². The number of benzene rings is 1. The van der Waals surface area contributed by atoms with Crippen LogP contribution in [0.2, 0.25) is 0 Å². The number of nitrogens with zero attached hydrogens (tertiary/aromatic N) is 5. The van der Waals surface area contributed by atoms with Crippen LogP contribution in [0, 0.1) is 5.82 Å². The first-order chi connectivity index (χ1) is 11.4. The van der Waals surface area contributed by atoms with E-state index in [4.69, 9.17) is 0 Å². The van der Waals surface area contributed by atoms with Gasteiger partial charge in [0, 0.05) is 26.2 Å². The van der Waals surface area contributed by atoms with E-state index in [-0.39, 0.29) is 11.0 Å². The zero-order chi connectivity index (χ0) is 16.9. The number of nitrogens with one attached hydrogen (secondary N) is 1. The summed E-state index contributed by atoms with van der Waals surface area (Å²) in [6.07, 6.45) is -3.38. The van der Waals surface area contributed by atoms with E-state index in [1.54, 1.807) is 0 Å². The normalized spacial score (nSPS) is 16.2. The second-order valence-corrected chi connectivity index (χ2v) is 5.52. The van der Waals surface area contributed by atoms with Crippen LogP contribution in [-0.4, -0.2) is 45.8 Å². The van der Waals surface area contributed by atoms with E-state index in [9.17, 15) is 17.6 Å². The summed E-state index contributed by atoms with van der Waals surface area (Å²) in [6.45, 7) is 2.75. The first-order valence-electron chi connectivity index (χ1n) is 7.31. The van der Waals surface area contributed by atoms with Gasteiger partial charge in [0.1, 0.15) is 11.8 Å². The maximum Gasteiger partial charge on any atom is 0.416 e. The van der Waals surface area contributed by atoms with Gasteiger partial charge in [-0.15, -0.1) is 10.2 Å². The van der Waals surface area contributed by atoms with Gasteiger partial charge in [0.15, 0.2) is 11.6 Å². The van der Waals surface area contributed by atoms with Crippen LogP contribution < -0.4 is 10.2 Å². The number of hydrogen-bond donors (Lipinski definition) is 1. The van der Waals surface area contributed by atoms with Crippen LogP contribution in [0.1, 0.15) is 5.56 Å². The molecule has 1 N–H and O–H groups in total. The number of aromatic nitrogens is 4. The Kier molecular flexibility index (Phi) is 3.30. The quantitative estimate of drug-likeness (QED) is 0.685. The second kappa shape index (κ2) is 5.26. The summed E-state index contributed by atoms with van der Waals surface area (Å²) >= 11 is 0. The van der Waals surface area contributed by atoms with Crippen LogP contribution in [0.25, 0.3) is 16.7 Å². The summed E-state index contributed by atoms with van der Waals surface area (Å²) in [5, 5.41) is 10.9. The Balaban J connectivity index is 2.00. The van der Waals surface area contributed by atoms with Crippen molar-refractivity contribution in [2.24, 2.45) is 0 Å². The fraction of sp³-hybridized carbons (Fsp3) is 0.357. The van der Waals surface area contributed by atoms with Crippen molar-refractivity contribution in [1.29, 1.82) is 0 Å². The number of rotatable bonds is 1. The smallest absolute Gasteiger partial charge is 0.351 e. The molecule has 1 saturated heterocycles. The zero-order valence-electron chi connectivity index (χ0n) is 12.3. The van der Waals surface area contributed by atoms with Gasteiger partial charge < -0.3 is 10.2 Å². The van der Waals surface area contributed by atoms with E-state index in [1.165, 1.54) is 10.7 Å². The molecule has 0 bridgehead atoms. The number of fused-ring (bicyclic) bond motifs is 3. The van der Waals surface area contributed by atoms with Crippen molar-refractivity contribution in [1.82, 2.24) is 24.9 Å². The topological polar surface area (TPSA) is 58.4 Å². The summed E-state index contributed by atoms with van der Waals surface area (Å²) in [5.41, 5.74) is -0.910. The van der Waals surface area contributed by atoms with Crippen molar-refractivity contribution in [3.8, 4) is 0 Å². The Morgan fingerprint density at radius 3 is 2.58 bits per heavy atom. The molecular formula is C14H12F4N6. The van der Waals surface area contributed by atoms with Gasteiger partial charge in [-0.05, 0) is 12.1 Å². The van der Waals surface area contributed by atoms with Gasteiger partial charge in [-0.1, -0.05) is 0 Å². The molecule has 0 spiro atoms. The Hall–Kier alpha value is -2.49. The Morgan fingerprint density at radius 2 is 1.88 bits per heavy atom. The number of piperazine rings is 1. The van der Waals surface area contributed by atoms with Gasteiger partial charge in [0.05, 0.1) is 11.1 Å². The van der Waals surface area contributed by atoms with Crippen LogP contribution in [0.3, 0.4) is 0 Å². The van der Waals surface area contributed by atoms with Crippen LogP contribution in [0.15, 0.2) is 18.5 Å². The molecule has 0 aliphatic carbocycles. The van der Waals surface area contributed by atoms with Crippen LogP contribution >= 0.6 is 0 Å². The predicted molar refractivity (Wildman–Crippen MR) is 78.3 cm³/mol. The van der Waals surface area contributed by atoms with Gasteiger partial charge in [0.25, 0.3) is 0 Å². The SMILES string of the molecule is Fc1cc(C(F)(F)F)cc2c1nc(N1CCNCC1)c1nncn12. The molecule has 0 atom stereocenters. The minimum Gasteiger partial charge on any atom is -0.351 e. The molecule has 1 aliphatic rings. The molecular weight excluding hydrogens is 328 g/mol. The maximum absolute atomic E-state index is 14.3. The lowest BCUT2D eigenvalue weighted by molar-refractivity contribution is -0.137. The summed E-state index contributed by atoms with van der Waals surface area (Å²) in [4.78, 5) is 6.17. The van der Waals surface area contributed by atoms with E-state index in [0.29, 0.717) is 30.6 Å². The average Bonchev–Trinajstić information content (AvgIpc) is 3.04. The van der Waals surface area contributed by atoms with Gasteiger partial charge in [-0.25, -0.2) is 9.37 Å². The van der Waals surface area contributed by atoms with E-state index in [1.807, 2.05) is 4.90 Å². The minimum atomic E-state index is -4.65. The fourth-order valence-corrected chi connectivity index (χ4v) is 2.85. The molecule has 1 aromatic carbocycles. The lowest BCUT2D eigenvalue weighted by Crippen LogP contribution is -2.44. The van der Waals surface area contributed by atoms with Crippen LogP contribution in [0.5, 0.6) is 0 Å². The fourth-order valence-electron chi connectivity index (χ4n) is 2.85. The Bertz CT molecular complexity index is 913. The molecule has 24 heavy (non-hydrogen) atoms. The third-order valence-corrected chi connectivity index (χ3v) is 4.01. The van der Waals surface area contributed by atoms with Crippen molar-refractivity contribution in [3.63, 3.8) is 0 Å². The average molecular weight is 340 g/mol. The highest BCUT2D eigenvalue weighted by atomic mass is 19.4. The third kappa shape index (κ3) is 2.33. The number of alkyl halides is 3. The van der Waals surface area contributed by atoms with E-state index < -0.39 is 17.6 Å². The Labute approximate surface area is 133 Å². The molecule has 3 heterocycles. The second-order valence-electron chi connectivity index (χ2n) is 5.52.